The van der Waals surface area contributed by atoms with Gasteiger partial charge in [0.15, 0.2) is 0 Å². The fourth-order valence-electron chi connectivity index (χ4n) is 2.67. The van der Waals surface area contributed by atoms with Crippen molar-refractivity contribution >= 4 is 11.6 Å². The van der Waals surface area contributed by atoms with Crippen LogP contribution in [0.3, 0.4) is 0 Å². The Morgan fingerprint density at radius 1 is 1.20 bits per heavy atom. The van der Waals surface area contributed by atoms with E-state index in [1.54, 1.807) is 0 Å². The summed E-state index contributed by atoms with van der Waals surface area (Å²) < 4.78 is 0. The molecule has 0 radical (unpaired) electrons. The molecule has 1 rings (SSSR count). The molecule has 114 valence electrons. The summed E-state index contributed by atoms with van der Waals surface area (Å²) in [4.78, 5) is 2.48. The van der Waals surface area contributed by atoms with Crippen molar-refractivity contribution in [2.75, 3.05) is 19.6 Å². The number of hydrogen-bond acceptors (Lipinski definition) is 2. The molecule has 20 heavy (non-hydrogen) atoms. The van der Waals surface area contributed by atoms with E-state index in [0.29, 0.717) is 6.54 Å². The van der Waals surface area contributed by atoms with Crippen LogP contribution in [0.1, 0.15) is 50.8 Å². The Hall–Kier alpha value is -0.570. The molecule has 0 aliphatic heterocycles. The van der Waals surface area contributed by atoms with Gasteiger partial charge >= 0.3 is 0 Å². The topological polar surface area (TPSA) is 29.3 Å². The van der Waals surface area contributed by atoms with Crippen LogP contribution >= 0.6 is 11.6 Å². The normalized spacial score (nSPS) is 13.2. The first-order valence-corrected chi connectivity index (χ1v) is 8.15. The zero-order chi connectivity index (χ0) is 15.1. The van der Waals surface area contributed by atoms with Gasteiger partial charge < -0.3 is 5.73 Å². The first-order chi connectivity index (χ1) is 9.57. The molecule has 0 spiro atoms. The zero-order valence-corrected chi connectivity index (χ0v) is 14.1. The second kappa shape index (κ2) is 8.66. The summed E-state index contributed by atoms with van der Waals surface area (Å²) in [5, 5.41) is 0.833. The molecule has 1 aromatic rings. The summed E-state index contributed by atoms with van der Waals surface area (Å²) in [6.07, 6.45) is 2.44. The van der Waals surface area contributed by atoms with Gasteiger partial charge in [-0.05, 0) is 36.6 Å². The Kier molecular flexibility index (Phi) is 7.57. The molecule has 1 unspecified atom stereocenters. The van der Waals surface area contributed by atoms with E-state index >= 15 is 0 Å². The summed E-state index contributed by atoms with van der Waals surface area (Å²) in [5.41, 5.74) is 8.40. The third kappa shape index (κ3) is 4.47. The first kappa shape index (κ1) is 17.5. The van der Waals surface area contributed by atoms with Crippen LogP contribution in [0.2, 0.25) is 5.02 Å². The van der Waals surface area contributed by atoms with Crippen LogP contribution in [0, 0.1) is 12.8 Å². The van der Waals surface area contributed by atoms with Crippen molar-refractivity contribution in [3.05, 3.63) is 34.3 Å². The number of halogens is 1. The fourth-order valence-corrected chi connectivity index (χ4v) is 2.86. The van der Waals surface area contributed by atoms with E-state index in [1.165, 1.54) is 18.4 Å². The Balaban J connectivity index is 2.93. The van der Waals surface area contributed by atoms with Crippen LogP contribution in [0.15, 0.2) is 18.2 Å². The van der Waals surface area contributed by atoms with Crippen molar-refractivity contribution in [3.8, 4) is 0 Å². The molecule has 0 fully saturated rings. The molecule has 2 N–H and O–H groups in total. The maximum atomic E-state index is 6.26. The van der Waals surface area contributed by atoms with Gasteiger partial charge in [-0.25, -0.2) is 0 Å². The van der Waals surface area contributed by atoms with Gasteiger partial charge in [0.25, 0.3) is 0 Å². The fraction of sp³-hybridized carbons (Fsp3) is 0.647. The minimum Gasteiger partial charge on any atom is -0.329 e. The van der Waals surface area contributed by atoms with Crippen LogP contribution in [0.4, 0.5) is 0 Å². The maximum Gasteiger partial charge on any atom is 0.0470 e. The molecule has 0 aliphatic carbocycles. The summed E-state index contributed by atoms with van der Waals surface area (Å²) >= 11 is 6.26. The van der Waals surface area contributed by atoms with Crippen molar-refractivity contribution in [1.82, 2.24) is 4.90 Å². The molecule has 0 saturated heterocycles. The van der Waals surface area contributed by atoms with Gasteiger partial charge in [-0.2, -0.15) is 0 Å². The molecule has 0 amide bonds. The predicted molar refractivity (Wildman–Crippen MR) is 89.3 cm³/mol. The lowest BCUT2D eigenvalue weighted by molar-refractivity contribution is 0.174. The molecular formula is C17H29ClN2. The van der Waals surface area contributed by atoms with Crippen LogP contribution < -0.4 is 5.73 Å². The van der Waals surface area contributed by atoms with Crippen molar-refractivity contribution in [2.45, 2.75) is 46.6 Å². The zero-order valence-electron chi connectivity index (χ0n) is 13.3. The number of likely N-dealkylation sites (N-methyl/N-ethyl adjacent to an activating group) is 1. The average Bonchev–Trinajstić information content (AvgIpc) is 2.46. The number of nitrogens with zero attached hydrogens (tertiary/aromatic N) is 1. The Morgan fingerprint density at radius 3 is 2.30 bits per heavy atom. The number of hydrogen-bond donors (Lipinski definition) is 1. The smallest absolute Gasteiger partial charge is 0.0470 e. The Bertz CT molecular complexity index is 402. The van der Waals surface area contributed by atoms with E-state index < -0.39 is 0 Å². The molecule has 0 aromatic heterocycles. The van der Waals surface area contributed by atoms with Crippen LogP contribution in [0.5, 0.6) is 0 Å². The van der Waals surface area contributed by atoms with E-state index in [4.69, 9.17) is 17.3 Å². The van der Waals surface area contributed by atoms with E-state index in [-0.39, 0.29) is 6.04 Å². The third-order valence-electron chi connectivity index (χ3n) is 4.30. The van der Waals surface area contributed by atoms with Gasteiger partial charge in [0, 0.05) is 24.2 Å². The minimum atomic E-state index is 0.263. The summed E-state index contributed by atoms with van der Waals surface area (Å²) in [5.74, 6) is 0.741. The summed E-state index contributed by atoms with van der Waals surface area (Å²) in [6, 6.07) is 6.59. The van der Waals surface area contributed by atoms with E-state index in [2.05, 4.69) is 43.9 Å². The first-order valence-electron chi connectivity index (χ1n) is 7.77. The molecule has 1 atom stereocenters. The number of nitrogens with two attached hydrogens (primary N) is 1. The van der Waals surface area contributed by atoms with Crippen LogP contribution in [0.25, 0.3) is 0 Å². The predicted octanol–water partition coefficient (Wildman–Crippen LogP) is 4.41. The van der Waals surface area contributed by atoms with Gasteiger partial charge in [-0.1, -0.05) is 57.3 Å². The third-order valence-corrected chi connectivity index (χ3v) is 4.71. The molecule has 0 bridgehead atoms. The number of benzene rings is 1. The highest BCUT2D eigenvalue weighted by Crippen LogP contribution is 2.26. The lowest BCUT2D eigenvalue weighted by Gasteiger charge is -2.33. The van der Waals surface area contributed by atoms with Crippen molar-refractivity contribution < 1.29 is 0 Å². The van der Waals surface area contributed by atoms with E-state index in [1.807, 2.05) is 6.92 Å². The second-order valence-electron chi connectivity index (χ2n) is 5.53. The van der Waals surface area contributed by atoms with E-state index in [0.717, 1.165) is 29.6 Å². The lowest BCUT2D eigenvalue weighted by Crippen LogP contribution is -2.37. The number of rotatable bonds is 8. The largest absolute Gasteiger partial charge is 0.329 e. The highest BCUT2D eigenvalue weighted by molar-refractivity contribution is 6.31. The number of aryl methyl sites for hydroxylation is 1. The molecule has 0 aliphatic rings. The Labute approximate surface area is 129 Å². The van der Waals surface area contributed by atoms with E-state index in [9.17, 15) is 0 Å². The molecule has 0 saturated carbocycles. The highest BCUT2D eigenvalue weighted by Gasteiger charge is 2.20. The molecule has 0 heterocycles. The van der Waals surface area contributed by atoms with Crippen LogP contribution in [-0.4, -0.2) is 24.5 Å². The van der Waals surface area contributed by atoms with Crippen LogP contribution in [-0.2, 0) is 0 Å². The summed E-state index contributed by atoms with van der Waals surface area (Å²) in [6.45, 7) is 11.5. The average molecular weight is 297 g/mol. The van der Waals surface area contributed by atoms with Crippen molar-refractivity contribution in [2.24, 2.45) is 11.7 Å². The van der Waals surface area contributed by atoms with Gasteiger partial charge in [-0.15, -0.1) is 0 Å². The maximum absolute atomic E-state index is 6.26. The standard InChI is InChI=1S/C17H29ClN2/c1-5-14(6-2)12-20(7-3)17(11-19)15-9-8-13(4)16(18)10-15/h8-10,14,17H,5-7,11-12,19H2,1-4H3. The van der Waals surface area contributed by atoms with Gasteiger partial charge in [0.1, 0.15) is 0 Å². The molecule has 1 aromatic carbocycles. The molecule has 3 heteroatoms. The van der Waals surface area contributed by atoms with Crippen molar-refractivity contribution in [3.63, 3.8) is 0 Å². The van der Waals surface area contributed by atoms with Gasteiger partial charge in [0.2, 0.25) is 0 Å². The minimum absolute atomic E-state index is 0.263. The SMILES string of the molecule is CCC(CC)CN(CC)C(CN)c1ccc(C)c(Cl)c1. The lowest BCUT2D eigenvalue weighted by atomic mass is 9.99. The second-order valence-corrected chi connectivity index (χ2v) is 5.94. The van der Waals surface area contributed by atoms with Crippen molar-refractivity contribution in [1.29, 1.82) is 0 Å². The molecule has 2 nitrogen and oxygen atoms in total. The van der Waals surface area contributed by atoms with Gasteiger partial charge in [-0.3, -0.25) is 4.90 Å². The monoisotopic (exact) mass is 296 g/mol. The molecular weight excluding hydrogens is 268 g/mol. The quantitative estimate of drug-likeness (QED) is 0.770. The summed E-state index contributed by atoms with van der Waals surface area (Å²) in [7, 11) is 0. The Morgan fingerprint density at radius 2 is 1.85 bits per heavy atom. The van der Waals surface area contributed by atoms with Gasteiger partial charge in [0.05, 0.1) is 0 Å². The highest BCUT2D eigenvalue weighted by atomic mass is 35.5.